The smallest absolute Gasteiger partial charge is 0.372 e. The lowest BCUT2D eigenvalue weighted by molar-refractivity contribution is -0.117. The first kappa shape index (κ1) is 19.3. The molecule has 0 spiro atoms. The molecule has 1 aromatic rings. The van der Waals surface area contributed by atoms with Crippen LogP contribution in [0.1, 0.15) is 32.3 Å². The second-order valence-corrected chi connectivity index (χ2v) is 5.99. The highest BCUT2D eigenvalue weighted by Gasteiger charge is 2.23. The van der Waals surface area contributed by atoms with E-state index < -0.39 is 11.5 Å². The molecule has 0 atom stereocenters. The van der Waals surface area contributed by atoms with E-state index >= 15 is 0 Å². The fourth-order valence-corrected chi connectivity index (χ4v) is 1.91. The fraction of sp³-hybridized carbons (Fsp3) is 0.368. The molecule has 0 aromatic heterocycles. The number of ketones is 1. The number of carbonyl (C=O) groups is 1. The summed E-state index contributed by atoms with van der Waals surface area (Å²) in [6.45, 7) is 4.94. The van der Waals surface area contributed by atoms with Gasteiger partial charge in [0.25, 0.3) is 5.78 Å². The number of rotatable bonds is 9. The van der Waals surface area contributed by atoms with Gasteiger partial charge in [-0.15, -0.1) is 5.73 Å². The summed E-state index contributed by atoms with van der Waals surface area (Å²) in [6, 6.07) is 11.5. The second kappa shape index (κ2) is 10.1. The van der Waals surface area contributed by atoms with E-state index in [1.807, 2.05) is 50.3 Å². The Balaban J connectivity index is 2.39. The van der Waals surface area contributed by atoms with Crippen LogP contribution in [0, 0.1) is 16.7 Å². The minimum atomic E-state index is -0.461. The van der Waals surface area contributed by atoms with Crippen LogP contribution in [-0.4, -0.2) is 22.9 Å². The van der Waals surface area contributed by atoms with Crippen molar-refractivity contribution in [3.8, 4) is 6.07 Å². The van der Waals surface area contributed by atoms with Gasteiger partial charge in [-0.3, -0.25) is 4.79 Å². The summed E-state index contributed by atoms with van der Waals surface area (Å²) >= 11 is 0. The Hall–Kier alpha value is -2.76. The van der Waals surface area contributed by atoms with E-state index in [1.54, 1.807) is 12.1 Å². The maximum Gasteiger partial charge on any atom is 0.433 e. The monoisotopic (exact) mass is 323 g/mol. The standard InChI is InChI=1S/C19H21N3O2/c1-19(2,12-10-18(23)17(14-20)22-21)11-6-7-13-24-15-16-8-4-3-5-9-16/h3-5,7-9,11H,10,12-13,15H2,1-2H3. The van der Waals surface area contributed by atoms with Gasteiger partial charge in [0.05, 0.1) is 13.2 Å². The number of nitrogens with zero attached hydrogens (tertiary/aromatic N) is 3. The van der Waals surface area contributed by atoms with Crippen LogP contribution in [0.4, 0.5) is 0 Å². The predicted octanol–water partition coefficient (Wildman–Crippen LogP) is 3.48. The number of nitriles is 1. The first-order chi connectivity index (χ1) is 11.5. The Morgan fingerprint density at radius 3 is 2.71 bits per heavy atom. The van der Waals surface area contributed by atoms with Gasteiger partial charge in [-0.2, -0.15) is 10.1 Å². The Morgan fingerprint density at radius 1 is 1.38 bits per heavy atom. The van der Waals surface area contributed by atoms with Crippen LogP contribution >= 0.6 is 0 Å². The van der Waals surface area contributed by atoms with Crippen molar-refractivity contribution in [1.29, 1.82) is 5.26 Å². The molecule has 0 saturated carbocycles. The zero-order chi connectivity index (χ0) is 17.8. The van der Waals surface area contributed by atoms with E-state index in [1.165, 1.54) is 0 Å². The van der Waals surface area contributed by atoms with Gasteiger partial charge in [0.2, 0.25) is 0 Å². The van der Waals surface area contributed by atoms with Crippen LogP contribution in [0.5, 0.6) is 0 Å². The molecular formula is C19H21N3O2. The first-order valence-corrected chi connectivity index (χ1v) is 7.67. The maximum atomic E-state index is 11.6. The van der Waals surface area contributed by atoms with E-state index in [4.69, 9.17) is 15.5 Å². The molecule has 0 bridgehead atoms. The van der Waals surface area contributed by atoms with E-state index in [0.717, 1.165) is 5.56 Å². The van der Waals surface area contributed by atoms with Crippen molar-refractivity contribution in [3.63, 3.8) is 0 Å². The van der Waals surface area contributed by atoms with E-state index in [2.05, 4.69) is 10.5 Å². The molecule has 0 amide bonds. The van der Waals surface area contributed by atoms with Crippen molar-refractivity contribution in [2.45, 2.75) is 33.3 Å². The molecule has 0 aliphatic rings. The summed E-state index contributed by atoms with van der Waals surface area (Å²) in [5, 5.41) is 8.63. The SMILES string of the molecule is CC(C)(C=C=CCOCc1ccccc1)CCC(=O)C(C#N)=[N+]=[N-]. The number of hydrogen-bond donors (Lipinski definition) is 0. The van der Waals surface area contributed by atoms with Crippen LogP contribution in [0.2, 0.25) is 0 Å². The third-order valence-electron chi connectivity index (χ3n) is 3.37. The molecule has 5 nitrogen and oxygen atoms in total. The van der Waals surface area contributed by atoms with Crippen molar-refractivity contribution in [1.82, 2.24) is 0 Å². The van der Waals surface area contributed by atoms with Gasteiger partial charge in [0.1, 0.15) is 0 Å². The average molecular weight is 323 g/mol. The molecule has 0 radical (unpaired) electrons. The molecule has 0 aliphatic heterocycles. The van der Waals surface area contributed by atoms with Gasteiger partial charge in [0.15, 0.2) is 6.07 Å². The highest BCUT2D eigenvalue weighted by molar-refractivity contribution is 6.43. The largest absolute Gasteiger partial charge is 0.433 e. The Bertz CT molecular complexity index is 702. The molecular weight excluding hydrogens is 302 g/mol. The summed E-state index contributed by atoms with van der Waals surface area (Å²) in [6.07, 6.45) is 4.33. The van der Waals surface area contributed by atoms with Crippen LogP contribution in [0.15, 0.2) is 48.2 Å². The van der Waals surface area contributed by atoms with Crippen molar-refractivity contribution < 1.29 is 14.3 Å². The van der Waals surface area contributed by atoms with Crippen LogP contribution < -0.4 is 0 Å². The molecule has 0 heterocycles. The topological polar surface area (TPSA) is 86.5 Å². The molecule has 124 valence electrons. The van der Waals surface area contributed by atoms with Gasteiger partial charge < -0.3 is 10.3 Å². The highest BCUT2D eigenvalue weighted by Crippen LogP contribution is 2.23. The van der Waals surface area contributed by atoms with Crippen molar-refractivity contribution in [3.05, 3.63) is 59.3 Å². The number of carbonyl (C=O) groups excluding carboxylic acids is 1. The van der Waals surface area contributed by atoms with E-state index in [-0.39, 0.29) is 11.8 Å². The molecule has 0 aliphatic carbocycles. The van der Waals surface area contributed by atoms with Crippen LogP contribution in [0.25, 0.3) is 5.53 Å². The summed E-state index contributed by atoms with van der Waals surface area (Å²) in [7, 11) is 0. The molecule has 1 rings (SSSR count). The van der Waals surface area contributed by atoms with Gasteiger partial charge in [-0.25, -0.2) is 0 Å². The summed E-state index contributed by atoms with van der Waals surface area (Å²) in [5.74, 6) is -0.461. The van der Waals surface area contributed by atoms with Crippen molar-refractivity contribution in [2.75, 3.05) is 6.61 Å². The highest BCUT2D eigenvalue weighted by atomic mass is 16.5. The van der Waals surface area contributed by atoms with Crippen LogP contribution in [0.3, 0.4) is 0 Å². The first-order valence-electron chi connectivity index (χ1n) is 7.67. The lowest BCUT2D eigenvalue weighted by Crippen LogP contribution is -2.17. The number of benzene rings is 1. The fourth-order valence-electron chi connectivity index (χ4n) is 1.91. The number of Topliss-reactive ketones (excluding diaryl/α,β-unsaturated/α-hetero) is 1. The molecule has 0 saturated heterocycles. The molecule has 1 aromatic carbocycles. The Morgan fingerprint density at radius 2 is 2.08 bits per heavy atom. The minimum absolute atomic E-state index is 0.142. The number of ether oxygens (including phenoxy) is 1. The third-order valence-corrected chi connectivity index (χ3v) is 3.37. The predicted molar refractivity (Wildman–Crippen MR) is 91.0 cm³/mol. The average Bonchev–Trinajstić information content (AvgIpc) is 2.58. The summed E-state index contributed by atoms with van der Waals surface area (Å²) in [5.41, 5.74) is 12.0. The Labute approximate surface area is 142 Å². The lowest BCUT2D eigenvalue weighted by atomic mass is 9.86. The minimum Gasteiger partial charge on any atom is -0.372 e. The van der Waals surface area contributed by atoms with E-state index in [9.17, 15) is 4.79 Å². The van der Waals surface area contributed by atoms with Crippen molar-refractivity contribution in [2.24, 2.45) is 5.41 Å². The molecule has 5 heteroatoms. The maximum absolute atomic E-state index is 11.6. The van der Waals surface area contributed by atoms with Gasteiger partial charge in [0, 0.05) is 6.42 Å². The van der Waals surface area contributed by atoms with Gasteiger partial charge in [-0.1, -0.05) is 44.2 Å². The second-order valence-electron chi connectivity index (χ2n) is 5.99. The summed E-state index contributed by atoms with van der Waals surface area (Å²) in [4.78, 5) is 14.3. The zero-order valence-electron chi connectivity index (χ0n) is 14.0. The lowest BCUT2D eigenvalue weighted by Gasteiger charge is -2.17. The normalized spacial score (nSPS) is 10.0. The molecule has 24 heavy (non-hydrogen) atoms. The van der Waals surface area contributed by atoms with Crippen molar-refractivity contribution >= 4 is 11.5 Å². The van der Waals surface area contributed by atoms with Crippen LogP contribution in [-0.2, 0) is 16.1 Å². The Kier molecular flexibility index (Phi) is 8.11. The molecule has 0 unspecified atom stereocenters. The van der Waals surface area contributed by atoms with Gasteiger partial charge in [-0.05, 0) is 29.6 Å². The molecule has 0 N–H and O–H groups in total. The van der Waals surface area contributed by atoms with E-state index in [0.29, 0.717) is 19.6 Å². The zero-order valence-corrected chi connectivity index (χ0v) is 14.0. The quantitative estimate of drug-likeness (QED) is 0.229. The molecule has 0 fully saturated rings. The number of hydrogen-bond acceptors (Lipinski definition) is 3. The van der Waals surface area contributed by atoms with Gasteiger partial charge >= 0.3 is 5.71 Å². The summed E-state index contributed by atoms with van der Waals surface area (Å²) < 4.78 is 5.52. The third kappa shape index (κ3) is 7.49.